The maximum atomic E-state index is 2.97. The summed E-state index contributed by atoms with van der Waals surface area (Å²) in [5.74, 6) is 0. The van der Waals surface area contributed by atoms with Crippen LogP contribution < -0.4 is 9.80 Å². The molecule has 0 aromatic heterocycles. The molecule has 0 unspecified atom stereocenters. The number of fused-ring (bicyclic) bond motifs is 6. The molecule has 0 spiro atoms. The van der Waals surface area contributed by atoms with Crippen LogP contribution in [0.4, 0.5) is 11.4 Å². The summed E-state index contributed by atoms with van der Waals surface area (Å²) in [7, 11) is 2.97. The van der Waals surface area contributed by atoms with Crippen molar-refractivity contribution < 1.29 is 19.2 Å². The monoisotopic (exact) mass is 646 g/mol. The van der Waals surface area contributed by atoms with Gasteiger partial charge in [-0.05, 0) is 25.7 Å². The number of hydrogen-bond donors (Lipinski definition) is 0. The SMILES string of the molecule is Cl.Cl.[CH3-].[CH3-].[Si]=[Ti].c1ccc2c(c1)ccc1cc(N3CCCC3)[cH-]c12.c1ccc2c(c1)ccc1cc(N3CCCC3)[cH-]c12. The second-order valence-electron chi connectivity index (χ2n) is 10.4. The minimum absolute atomic E-state index is 0. The Hall–Kier alpha value is -2.27. The molecule has 8 rings (SSSR count). The molecule has 6 aromatic rings. The average molecular weight is 648 g/mol. The number of anilines is 2. The summed E-state index contributed by atoms with van der Waals surface area (Å²) in [6.07, 6.45) is 5.34. The molecule has 2 aliphatic heterocycles. The Morgan fingerprint density at radius 1 is 0.500 bits per heavy atom. The van der Waals surface area contributed by atoms with E-state index in [-0.39, 0.29) is 39.7 Å². The van der Waals surface area contributed by atoms with Gasteiger partial charge in [-0.3, -0.25) is 0 Å². The molecule has 2 radical (unpaired) electrons. The predicted octanol–water partition coefficient (Wildman–Crippen LogP) is 9.99. The smallest absolute Gasteiger partial charge is 0.0162 e. The summed E-state index contributed by atoms with van der Waals surface area (Å²) in [6, 6.07) is 35.7. The van der Waals surface area contributed by atoms with E-state index in [4.69, 9.17) is 0 Å². The van der Waals surface area contributed by atoms with E-state index < -0.39 is 0 Å². The summed E-state index contributed by atoms with van der Waals surface area (Å²) in [5, 5.41) is 11.0. The summed E-state index contributed by atoms with van der Waals surface area (Å²) in [6.45, 7) is 4.87. The van der Waals surface area contributed by atoms with Gasteiger partial charge in [-0.15, -0.1) is 82.8 Å². The number of halogens is 2. The van der Waals surface area contributed by atoms with Crippen molar-refractivity contribution in [3.63, 3.8) is 0 Å². The number of hydrogen-bond acceptors (Lipinski definition) is 2. The summed E-state index contributed by atoms with van der Waals surface area (Å²) in [4.78, 5) is 5.02. The van der Waals surface area contributed by atoms with Crippen LogP contribution >= 0.6 is 24.8 Å². The molecule has 2 aliphatic rings. The molecule has 220 valence electrons. The number of nitrogens with zero attached hydrogens (tertiary/aromatic N) is 2. The van der Waals surface area contributed by atoms with Crippen LogP contribution in [-0.4, -0.2) is 33.8 Å². The first-order valence-electron chi connectivity index (χ1n) is 13.7. The van der Waals surface area contributed by atoms with E-state index in [1.807, 2.05) is 0 Å². The molecule has 0 N–H and O–H groups in total. The molecule has 0 atom stereocenters. The topological polar surface area (TPSA) is 6.48 Å². The first kappa shape index (κ1) is 35.9. The fourth-order valence-electron chi connectivity index (χ4n) is 6.21. The van der Waals surface area contributed by atoms with E-state index >= 15 is 0 Å². The van der Waals surface area contributed by atoms with E-state index in [1.54, 1.807) is 19.2 Å². The van der Waals surface area contributed by atoms with Gasteiger partial charge in [0.2, 0.25) is 0 Å². The van der Waals surface area contributed by atoms with Crippen LogP contribution in [0, 0.1) is 14.9 Å². The van der Waals surface area contributed by atoms with Crippen molar-refractivity contribution in [1.82, 2.24) is 0 Å². The van der Waals surface area contributed by atoms with Crippen molar-refractivity contribution in [3.05, 3.63) is 112 Å². The van der Waals surface area contributed by atoms with Crippen LogP contribution in [0.25, 0.3) is 43.1 Å². The summed E-state index contributed by atoms with van der Waals surface area (Å²) in [5.41, 5.74) is 2.80. The van der Waals surface area contributed by atoms with Crippen molar-refractivity contribution in [2.75, 3.05) is 36.0 Å². The van der Waals surface area contributed by atoms with Crippen LogP contribution in [0.3, 0.4) is 0 Å². The second-order valence-corrected chi connectivity index (χ2v) is 10.4. The Bertz CT molecular complexity index is 1570. The minimum Gasteiger partial charge on any atom is -0.388 e. The molecule has 6 aromatic carbocycles. The zero-order valence-corrected chi connectivity index (χ0v) is 28.8. The van der Waals surface area contributed by atoms with Crippen molar-refractivity contribution in [2.24, 2.45) is 0 Å². The maximum Gasteiger partial charge on any atom is 0.0162 e. The average Bonchev–Trinajstić information content (AvgIpc) is 3.80. The van der Waals surface area contributed by atoms with E-state index in [0.717, 1.165) is 0 Å². The van der Waals surface area contributed by atoms with Gasteiger partial charge < -0.3 is 24.7 Å². The Labute approximate surface area is 278 Å². The molecule has 2 fully saturated rings. The molecule has 0 amide bonds. The van der Waals surface area contributed by atoms with Crippen molar-refractivity contribution in [1.29, 1.82) is 0 Å². The molecule has 6 heteroatoms. The Morgan fingerprint density at radius 2 is 0.833 bits per heavy atom. The van der Waals surface area contributed by atoms with Crippen LogP contribution in [0.2, 0.25) is 0 Å². The fraction of sp³-hybridized carbons (Fsp3) is 0.222. The third-order valence-electron chi connectivity index (χ3n) is 8.14. The quantitative estimate of drug-likeness (QED) is 0.136. The standard InChI is InChI=1S/2C17H16N.2CH3.2ClH.Si.Ti/c2*1-2-6-16-13(5-1)7-8-14-11-15(12-17(14)16)18-9-3-4-10-18;;;;;;/h2*1-2,5-8,11-12H,3-4,9-10H2;2*1H3;2*1H;;/q4*-1;;;;. The summed E-state index contributed by atoms with van der Waals surface area (Å²) >= 11 is 1.81. The van der Waals surface area contributed by atoms with Crippen LogP contribution in [0.15, 0.2) is 97.1 Å². The molecule has 2 heterocycles. The largest absolute Gasteiger partial charge is 0.388 e. The van der Waals surface area contributed by atoms with Crippen molar-refractivity contribution in [2.45, 2.75) is 25.7 Å². The molecule has 0 aliphatic carbocycles. The maximum absolute atomic E-state index is 2.97. The van der Waals surface area contributed by atoms with E-state index in [0.29, 0.717) is 0 Å². The number of benzene rings is 4. The van der Waals surface area contributed by atoms with Gasteiger partial charge in [-0.1, -0.05) is 93.6 Å². The normalized spacial score (nSPS) is 13.7. The van der Waals surface area contributed by atoms with Gasteiger partial charge in [0.05, 0.1) is 0 Å². The van der Waals surface area contributed by atoms with E-state index in [9.17, 15) is 0 Å². The van der Waals surface area contributed by atoms with Gasteiger partial charge in [-0.25, -0.2) is 0 Å². The zero-order valence-electron chi connectivity index (χ0n) is 24.6. The third-order valence-corrected chi connectivity index (χ3v) is 8.14. The molecule has 2 nitrogen and oxygen atoms in total. The molecular weight excluding hydrogens is 607 g/mol. The van der Waals surface area contributed by atoms with Crippen LogP contribution in [-0.2, 0) is 19.2 Å². The second kappa shape index (κ2) is 16.5. The third kappa shape index (κ3) is 7.26. The fourth-order valence-corrected chi connectivity index (χ4v) is 6.21. The van der Waals surface area contributed by atoms with Gasteiger partial charge >= 0.3 is 26.8 Å². The predicted molar refractivity (Wildman–Crippen MR) is 190 cm³/mol. The first-order chi connectivity index (χ1) is 18.8. The molecule has 42 heavy (non-hydrogen) atoms. The van der Waals surface area contributed by atoms with Crippen LogP contribution in [0.1, 0.15) is 25.7 Å². The Morgan fingerprint density at radius 3 is 1.21 bits per heavy atom. The van der Waals surface area contributed by atoms with Gasteiger partial charge in [0.1, 0.15) is 0 Å². The van der Waals surface area contributed by atoms with Crippen molar-refractivity contribution >= 4 is 86.9 Å². The van der Waals surface area contributed by atoms with E-state index in [1.165, 1.54) is 106 Å². The van der Waals surface area contributed by atoms with Crippen molar-refractivity contribution in [3.8, 4) is 0 Å². The van der Waals surface area contributed by atoms with E-state index in [2.05, 4.69) is 114 Å². The van der Waals surface area contributed by atoms with Crippen LogP contribution in [0.5, 0.6) is 0 Å². The molecule has 0 bridgehead atoms. The Balaban J connectivity index is 0.000000254. The minimum atomic E-state index is 0. The molecule has 0 saturated carbocycles. The van der Waals surface area contributed by atoms with Gasteiger partial charge in [0.15, 0.2) is 0 Å². The number of rotatable bonds is 2. The Kier molecular flexibility index (Phi) is 14.2. The van der Waals surface area contributed by atoms with Gasteiger partial charge in [0, 0.05) is 26.2 Å². The van der Waals surface area contributed by atoms with Gasteiger partial charge in [-0.2, -0.15) is 0 Å². The van der Waals surface area contributed by atoms with Gasteiger partial charge in [0.25, 0.3) is 0 Å². The summed E-state index contributed by atoms with van der Waals surface area (Å²) < 4.78 is 0. The molecular formula is C36H40Cl2N2SiTi-4. The zero-order chi connectivity index (χ0) is 25.9. The molecule has 2 saturated heterocycles. The first-order valence-corrected chi connectivity index (χ1v) is 16.6.